The number of rotatable bonds is 3. The van der Waals surface area contributed by atoms with E-state index in [1.54, 1.807) is 0 Å². The van der Waals surface area contributed by atoms with Gasteiger partial charge in [0.15, 0.2) is 0 Å². The molecule has 0 radical (unpaired) electrons. The molecule has 96 valence electrons. The largest absolute Gasteiger partial charge is 0.378 e. The fourth-order valence-corrected chi connectivity index (χ4v) is 2.23. The molecule has 2 rings (SSSR count). The molecule has 19 heavy (non-hydrogen) atoms. The topological polar surface area (TPSA) is 35.8 Å². The minimum absolute atomic E-state index is 0.217. The van der Waals surface area contributed by atoms with Crippen LogP contribution < -0.4 is 5.32 Å². The SMILES string of the molecule is Cc1ccc(C)c(C(C)Nc2cccc(C#N)c2)c1. The Bertz CT molecular complexity index is 623. The first-order valence-electron chi connectivity index (χ1n) is 6.44. The highest BCUT2D eigenvalue weighted by Crippen LogP contribution is 2.23. The molecule has 1 N–H and O–H groups in total. The maximum absolute atomic E-state index is 8.92. The van der Waals surface area contributed by atoms with E-state index in [0.717, 1.165) is 5.69 Å². The van der Waals surface area contributed by atoms with Gasteiger partial charge >= 0.3 is 0 Å². The first kappa shape index (κ1) is 13.2. The van der Waals surface area contributed by atoms with Gasteiger partial charge in [-0.15, -0.1) is 0 Å². The third-order valence-corrected chi connectivity index (χ3v) is 3.28. The number of benzene rings is 2. The minimum Gasteiger partial charge on any atom is -0.378 e. The lowest BCUT2D eigenvalue weighted by molar-refractivity contribution is 0.872. The van der Waals surface area contributed by atoms with Gasteiger partial charge in [-0.1, -0.05) is 29.8 Å². The van der Waals surface area contributed by atoms with Crippen molar-refractivity contribution in [3.63, 3.8) is 0 Å². The van der Waals surface area contributed by atoms with Crippen LogP contribution in [-0.2, 0) is 0 Å². The number of nitrogens with one attached hydrogen (secondary N) is 1. The molecule has 0 bridgehead atoms. The van der Waals surface area contributed by atoms with Crippen LogP contribution in [0.4, 0.5) is 5.69 Å². The van der Waals surface area contributed by atoms with E-state index in [1.807, 2.05) is 24.3 Å². The Morgan fingerprint density at radius 1 is 1.11 bits per heavy atom. The second-order valence-corrected chi connectivity index (χ2v) is 4.92. The van der Waals surface area contributed by atoms with E-state index in [9.17, 15) is 0 Å². The molecule has 2 heteroatoms. The molecule has 0 heterocycles. The van der Waals surface area contributed by atoms with Gasteiger partial charge in [-0.05, 0) is 50.1 Å². The Kier molecular flexibility index (Phi) is 3.87. The molecule has 1 atom stereocenters. The van der Waals surface area contributed by atoms with Gasteiger partial charge in [0.25, 0.3) is 0 Å². The van der Waals surface area contributed by atoms with Crippen LogP contribution in [0.25, 0.3) is 0 Å². The van der Waals surface area contributed by atoms with Crippen LogP contribution >= 0.6 is 0 Å². The Morgan fingerprint density at radius 3 is 2.63 bits per heavy atom. The fourth-order valence-electron chi connectivity index (χ4n) is 2.23. The smallest absolute Gasteiger partial charge is 0.0992 e. The molecule has 0 saturated carbocycles. The van der Waals surface area contributed by atoms with Gasteiger partial charge < -0.3 is 5.32 Å². The minimum atomic E-state index is 0.217. The van der Waals surface area contributed by atoms with Crippen LogP contribution in [0.1, 0.15) is 35.2 Å². The van der Waals surface area contributed by atoms with Gasteiger partial charge in [0.1, 0.15) is 0 Å². The van der Waals surface area contributed by atoms with Crippen LogP contribution in [0.5, 0.6) is 0 Å². The Labute approximate surface area is 114 Å². The van der Waals surface area contributed by atoms with Crippen molar-refractivity contribution in [2.24, 2.45) is 0 Å². The zero-order valence-electron chi connectivity index (χ0n) is 11.6. The van der Waals surface area contributed by atoms with Crippen molar-refractivity contribution in [3.05, 3.63) is 64.7 Å². The van der Waals surface area contributed by atoms with Crippen molar-refractivity contribution in [2.45, 2.75) is 26.8 Å². The number of aryl methyl sites for hydroxylation is 2. The first-order valence-corrected chi connectivity index (χ1v) is 6.44. The molecule has 0 aromatic heterocycles. The molecule has 0 aliphatic rings. The van der Waals surface area contributed by atoms with Crippen molar-refractivity contribution < 1.29 is 0 Å². The summed E-state index contributed by atoms with van der Waals surface area (Å²) in [4.78, 5) is 0. The maximum atomic E-state index is 8.92. The summed E-state index contributed by atoms with van der Waals surface area (Å²) in [6, 6.07) is 16.4. The van der Waals surface area contributed by atoms with Crippen molar-refractivity contribution in [3.8, 4) is 6.07 Å². The van der Waals surface area contributed by atoms with Gasteiger partial charge in [-0.3, -0.25) is 0 Å². The summed E-state index contributed by atoms with van der Waals surface area (Å²) in [7, 11) is 0. The van der Waals surface area contributed by atoms with E-state index in [2.05, 4.69) is 50.4 Å². The zero-order chi connectivity index (χ0) is 13.8. The number of nitrogens with zero attached hydrogens (tertiary/aromatic N) is 1. The highest BCUT2D eigenvalue weighted by molar-refractivity contribution is 5.51. The average Bonchev–Trinajstić information content (AvgIpc) is 2.41. The molecule has 2 nitrogen and oxygen atoms in total. The van der Waals surface area contributed by atoms with E-state index >= 15 is 0 Å². The average molecular weight is 250 g/mol. The third-order valence-electron chi connectivity index (χ3n) is 3.28. The highest BCUT2D eigenvalue weighted by atomic mass is 14.9. The van der Waals surface area contributed by atoms with E-state index in [0.29, 0.717) is 5.56 Å². The Hall–Kier alpha value is -2.27. The lowest BCUT2D eigenvalue weighted by Crippen LogP contribution is -2.08. The standard InChI is InChI=1S/C17H18N2/c1-12-7-8-13(2)17(9-12)14(3)19-16-6-4-5-15(10-16)11-18/h4-10,14,19H,1-3H3. The molecule has 2 aromatic carbocycles. The Morgan fingerprint density at radius 2 is 1.89 bits per heavy atom. The lowest BCUT2D eigenvalue weighted by Gasteiger charge is -2.18. The summed E-state index contributed by atoms with van der Waals surface area (Å²) in [5.41, 5.74) is 5.50. The van der Waals surface area contributed by atoms with Gasteiger partial charge in [0.05, 0.1) is 11.6 Å². The maximum Gasteiger partial charge on any atom is 0.0992 e. The van der Waals surface area contributed by atoms with Gasteiger partial charge in [0.2, 0.25) is 0 Å². The number of hydrogen-bond acceptors (Lipinski definition) is 2. The molecular formula is C17H18N2. The predicted molar refractivity (Wildman–Crippen MR) is 79.1 cm³/mol. The summed E-state index contributed by atoms with van der Waals surface area (Å²) in [5, 5.41) is 12.4. The van der Waals surface area contributed by atoms with E-state index in [1.165, 1.54) is 16.7 Å². The van der Waals surface area contributed by atoms with Gasteiger partial charge in [0, 0.05) is 11.7 Å². The predicted octanol–water partition coefficient (Wildman–Crippen LogP) is 4.35. The van der Waals surface area contributed by atoms with Crippen molar-refractivity contribution in [2.75, 3.05) is 5.32 Å². The number of hydrogen-bond donors (Lipinski definition) is 1. The second kappa shape index (κ2) is 5.58. The summed E-state index contributed by atoms with van der Waals surface area (Å²) < 4.78 is 0. The molecule has 0 spiro atoms. The van der Waals surface area contributed by atoms with Crippen molar-refractivity contribution >= 4 is 5.69 Å². The molecule has 0 fully saturated rings. The Balaban J connectivity index is 2.23. The van der Waals surface area contributed by atoms with Crippen LogP contribution in [0.3, 0.4) is 0 Å². The summed E-state index contributed by atoms with van der Waals surface area (Å²) in [6.45, 7) is 6.37. The number of anilines is 1. The van der Waals surface area contributed by atoms with Crippen LogP contribution in [-0.4, -0.2) is 0 Å². The first-order chi connectivity index (χ1) is 9.10. The third kappa shape index (κ3) is 3.14. The van der Waals surface area contributed by atoms with Crippen LogP contribution in [0.2, 0.25) is 0 Å². The van der Waals surface area contributed by atoms with Crippen LogP contribution in [0, 0.1) is 25.2 Å². The lowest BCUT2D eigenvalue weighted by atomic mass is 10.00. The fraction of sp³-hybridized carbons (Fsp3) is 0.235. The molecule has 2 aromatic rings. The van der Waals surface area contributed by atoms with Crippen molar-refractivity contribution in [1.82, 2.24) is 0 Å². The number of nitriles is 1. The summed E-state index contributed by atoms with van der Waals surface area (Å²) in [6.07, 6.45) is 0. The molecule has 0 aliphatic heterocycles. The zero-order valence-corrected chi connectivity index (χ0v) is 11.6. The van der Waals surface area contributed by atoms with Crippen LogP contribution in [0.15, 0.2) is 42.5 Å². The monoisotopic (exact) mass is 250 g/mol. The highest BCUT2D eigenvalue weighted by Gasteiger charge is 2.08. The second-order valence-electron chi connectivity index (χ2n) is 4.92. The molecular weight excluding hydrogens is 232 g/mol. The van der Waals surface area contributed by atoms with E-state index in [-0.39, 0.29) is 6.04 Å². The van der Waals surface area contributed by atoms with Gasteiger partial charge in [-0.2, -0.15) is 5.26 Å². The molecule has 0 aliphatic carbocycles. The molecule has 0 amide bonds. The van der Waals surface area contributed by atoms with E-state index in [4.69, 9.17) is 5.26 Å². The van der Waals surface area contributed by atoms with Gasteiger partial charge in [-0.25, -0.2) is 0 Å². The van der Waals surface area contributed by atoms with Crippen molar-refractivity contribution in [1.29, 1.82) is 5.26 Å². The van der Waals surface area contributed by atoms with E-state index < -0.39 is 0 Å². The normalized spacial score (nSPS) is 11.7. The quantitative estimate of drug-likeness (QED) is 0.879. The molecule has 1 unspecified atom stereocenters. The summed E-state index contributed by atoms with van der Waals surface area (Å²) >= 11 is 0. The molecule has 0 saturated heterocycles. The summed E-state index contributed by atoms with van der Waals surface area (Å²) in [5.74, 6) is 0.